The molecule has 2 rings (SSSR count). The molecule has 1 N–H and O–H groups in total. The van der Waals surface area contributed by atoms with E-state index in [9.17, 15) is 9.59 Å². The van der Waals surface area contributed by atoms with E-state index in [1.165, 1.54) is 4.90 Å². The standard InChI is InChI=1S/C14H17NO4/c1-9-5-10(2)7-11(6-9)13(16)15-3-4-19-12(8-15)14(17)18/h5-7,12H,3-4,8H2,1-2H3,(H,17,18). The van der Waals surface area contributed by atoms with E-state index in [0.29, 0.717) is 12.1 Å². The molecule has 5 heteroatoms. The minimum atomic E-state index is -1.03. The second-order valence-electron chi connectivity index (χ2n) is 4.83. The number of amides is 1. The Morgan fingerprint density at radius 1 is 1.26 bits per heavy atom. The van der Waals surface area contributed by atoms with E-state index in [1.54, 1.807) is 0 Å². The van der Waals surface area contributed by atoms with Gasteiger partial charge < -0.3 is 14.7 Å². The minimum absolute atomic E-state index is 0.0984. The summed E-state index contributed by atoms with van der Waals surface area (Å²) in [5, 5.41) is 8.93. The highest BCUT2D eigenvalue weighted by Crippen LogP contribution is 2.14. The molecular weight excluding hydrogens is 246 g/mol. The first-order valence-corrected chi connectivity index (χ1v) is 6.19. The smallest absolute Gasteiger partial charge is 0.334 e. The van der Waals surface area contributed by atoms with Gasteiger partial charge in [0.25, 0.3) is 5.91 Å². The molecule has 19 heavy (non-hydrogen) atoms. The van der Waals surface area contributed by atoms with E-state index in [4.69, 9.17) is 9.84 Å². The third-order valence-electron chi connectivity index (χ3n) is 3.10. The maximum atomic E-state index is 12.3. The molecule has 5 nitrogen and oxygen atoms in total. The quantitative estimate of drug-likeness (QED) is 0.871. The van der Waals surface area contributed by atoms with Gasteiger partial charge in [-0.1, -0.05) is 17.2 Å². The van der Waals surface area contributed by atoms with Gasteiger partial charge in [-0.25, -0.2) is 4.79 Å². The van der Waals surface area contributed by atoms with Crippen molar-refractivity contribution in [1.82, 2.24) is 4.90 Å². The van der Waals surface area contributed by atoms with Crippen LogP contribution in [0.25, 0.3) is 0 Å². The summed E-state index contributed by atoms with van der Waals surface area (Å²) < 4.78 is 5.11. The number of carbonyl (C=O) groups excluding carboxylic acids is 1. The number of morpholine rings is 1. The van der Waals surface area contributed by atoms with Crippen LogP contribution in [0.15, 0.2) is 18.2 Å². The predicted octanol–water partition coefficient (Wildman–Crippen LogP) is 1.23. The van der Waals surface area contributed by atoms with Crippen molar-refractivity contribution in [3.05, 3.63) is 34.9 Å². The van der Waals surface area contributed by atoms with Gasteiger partial charge in [-0.2, -0.15) is 0 Å². The average molecular weight is 263 g/mol. The number of benzene rings is 1. The molecule has 1 unspecified atom stereocenters. The Morgan fingerprint density at radius 3 is 2.47 bits per heavy atom. The Labute approximate surface area is 111 Å². The second kappa shape index (κ2) is 5.40. The largest absolute Gasteiger partial charge is 0.479 e. The molecule has 1 saturated heterocycles. The van der Waals surface area contributed by atoms with Crippen LogP contribution in [0.2, 0.25) is 0 Å². The van der Waals surface area contributed by atoms with Gasteiger partial charge in [-0.3, -0.25) is 4.79 Å². The van der Waals surface area contributed by atoms with Gasteiger partial charge in [0, 0.05) is 12.1 Å². The van der Waals surface area contributed by atoms with E-state index in [1.807, 2.05) is 32.0 Å². The lowest BCUT2D eigenvalue weighted by Gasteiger charge is -2.31. The molecule has 1 heterocycles. The zero-order chi connectivity index (χ0) is 14.0. The van der Waals surface area contributed by atoms with E-state index in [-0.39, 0.29) is 19.1 Å². The Morgan fingerprint density at radius 2 is 1.89 bits per heavy atom. The van der Waals surface area contributed by atoms with Gasteiger partial charge in [0.1, 0.15) is 0 Å². The summed E-state index contributed by atoms with van der Waals surface area (Å²) in [6.45, 7) is 4.65. The van der Waals surface area contributed by atoms with Crippen LogP contribution in [0.3, 0.4) is 0 Å². The van der Waals surface area contributed by atoms with Crippen molar-refractivity contribution >= 4 is 11.9 Å². The van der Waals surface area contributed by atoms with Crippen LogP contribution in [-0.2, 0) is 9.53 Å². The summed E-state index contributed by atoms with van der Waals surface area (Å²) in [7, 11) is 0. The molecule has 1 aromatic carbocycles. The van der Waals surface area contributed by atoms with E-state index in [2.05, 4.69) is 0 Å². The van der Waals surface area contributed by atoms with Crippen LogP contribution >= 0.6 is 0 Å². The Bertz CT molecular complexity index is 492. The molecule has 1 atom stereocenters. The van der Waals surface area contributed by atoms with Crippen molar-refractivity contribution in [3.8, 4) is 0 Å². The normalized spacial score (nSPS) is 19.3. The fraction of sp³-hybridized carbons (Fsp3) is 0.429. The number of carboxylic acid groups (broad SMARTS) is 1. The minimum Gasteiger partial charge on any atom is -0.479 e. The van der Waals surface area contributed by atoms with Crippen LogP contribution in [0.1, 0.15) is 21.5 Å². The molecule has 102 valence electrons. The molecule has 1 aliphatic heterocycles. The lowest BCUT2D eigenvalue weighted by atomic mass is 10.1. The molecule has 0 aliphatic carbocycles. The monoisotopic (exact) mass is 263 g/mol. The van der Waals surface area contributed by atoms with Gasteiger partial charge in [0.2, 0.25) is 0 Å². The summed E-state index contributed by atoms with van der Waals surface area (Å²) in [6.07, 6.45) is -0.927. The first-order valence-electron chi connectivity index (χ1n) is 6.19. The maximum absolute atomic E-state index is 12.3. The van der Waals surface area contributed by atoms with E-state index < -0.39 is 12.1 Å². The van der Waals surface area contributed by atoms with Gasteiger partial charge in [0.05, 0.1) is 13.2 Å². The third-order valence-corrected chi connectivity index (χ3v) is 3.10. The number of carboxylic acids is 1. The van der Waals surface area contributed by atoms with Crippen LogP contribution in [0.4, 0.5) is 0 Å². The molecule has 1 aliphatic rings. The SMILES string of the molecule is Cc1cc(C)cc(C(=O)N2CCOC(C(=O)O)C2)c1. The molecule has 0 aromatic heterocycles. The molecular formula is C14H17NO4. The highest BCUT2D eigenvalue weighted by molar-refractivity contribution is 5.95. The Balaban J connectivity index is 2.16. The summed E-state index contributed by atoms with van der Waals surface area (Å²) in [5.74, 6) is -1.17. The van der Waals surface area contributed by atoms with Crippen molar-refractivity contribution in [3.63, 3.8) is 0 Å². The summed E-state index contributed by atoms with van der Waals surface area (Å²) in [5.41, 5.74) is 2.64. The van der Waals surface area contributed by atoms with Crippen molar-refractivity contribution in [1.29, 1.82) is 0 Å². The van der Waals surface area contributed by atoms with Crippen molar-refractivity contribution in [2.75, 3.05) is 19.7 Å². The second-order valence-corrected chi connectivity index (χ2v) is 4.83. The number of hydrogen-bond acceptors (Lipinski definition) is 3. The zero-order valence-corrected chi connectivity index (χ0v) is 11.0. The number of rotatable bonds is 2. The van der Waals surface area contributed by atoms with E-state index in [0.717, 1.165) is 11.1 Å². The molecule has 0 bridgehead atoms. The van der Waals surface area contributed by atoms with Crippen LogP contribution in [0, 0.1) is 13.8 Å². The van der Waals surface area contributed by atoms with Gasteiger partial charge in [-0.15, -0.1) is 0 Å². The lowest BCUT2D eigenvalue weighted by Crippen LogP contribution is -2.48. The van der Waals surface area contributed by atoms with Crippen molar-refractivity contribution in [2.24, 2.45) is 0 Å². The third kappa shape index (κ3) is 3.12. The number of aliphatic carboxylic acids is 1. The van der Waals surface area contributed by atoms with Crippen molar-refractivity contribution in [2.45, 2.75) is 20.0 Å². The van der Waals surface area contributed by atoms with Gasteiger partial charge in [0.15, 0.2) is 6.10 Å². The molecule has 1 amide bonds. The number of carbonyl (C=O) groups is 2. The number of nitrogens with zero attached hydrogens (tertiary/aromatic N) is 1. The molecule has 1 fully saturated rings. The molecule has 0 radical (unpaired) electrons. The fourth-order valence-electron chi connectivity index (χ4n) is 2.26. The predicted molar refractivity (Wildman–Crippen MR) is 69.2 cm³/mol. The summed E-state index contributed by atoms with van der Waals surface area (Å²) in [6, 6.07) is 5.64. The first-order chi connectivity index (χ1) is 8.97. The molecule has 0 saturated carbocycles. The highest BCUT2D eigenvalue weighted by Gasteiger charge is 2.29. The molecule has 1 aromatic rings. The van der Waals surface area contributed by atoms with Crippen LogP contribution in [0.5, 0.6) is 0 Å². The summed E-state index contributed by atoms with van der Waals surface area (Å²) >= 11 is 0. The van der Waals surface area contributed by atoms with E-state index >= 15 is 0 Å². The summed E-state index contributed by atoms with van der Waals surface area (Å²) in [4.78, 5) is 24.8. The van der Waals surface area contributed by atoms with Crippen LogP contribution < -0.4 is 0 Å². The lowest BCUT2D eigenvalue weighted by molar-refractivity contribution is -0.154. The Kier molecular flexibility index (Phi) is 3.85. The van der Waals surface area contributed by atoms with Crippen molar-refractivity contribution < 1.29 is 19.4 Å². The number of ether oxygens (including phenoxy) is 1. The fourth-order valence-corrected chi connectivity index (χ4v) is 2.26. The van der Waals surface area contributed by atoms with Crippen LogP contribution in [-0.4, -0.2) is 47.7 Å². The number of aryl methyl sites for hydroxylation is 2. The first kappa shape index (κ1) is 13.5. The molecule has 0 spiro atoms. The van der Waals surface area contributed by atoms with Gasteiger partial charge in [-0.05, 0) is 26.0 Å². The van der Waals surface area contributed by atoms with Gasteiger partial charge >= 0.3 is 5.97 Å². The topological polar surface area (TPSA) is 66.8 Å². The maximum Gasteiger partial charge on any atom is 0.334 e. The number of hydrogen-bond donors (Lipinski definition) is 1. The zero-order valence-electron chi connectivity index (χ0n) is 11.0. The Hall–Kier alpha value is -1.88. The highest BCUT2D eigenvalue weighted by atomic mass is 16.5. The average Bonchev–Trinajstić information content (AvgIpc) is 2.37.